The van der Waals surface area contributed by atoms with E-state index in [-0.39, 0.29) is 13.1 Å². The number of hydrogen-bond acceptors (Lipinski definition) is 3. The first-order valence-electron chi connectivity index (χ1n) is 5.85. The van der Waals surface area contributed by atoms with E-state index >= 15 is 0 Å². The Hall–Kier alpha value is -1.44. The molecule has 0 atom stereocenters. The fraction of sp³-hybridized carbons (Fsp3) is 0.417. The van der Waals surface area contributed by atoms with Gasteiger partial charge < -0.3 is 5.11 Å². The maximum Gasteiger partial charge on any atom is 0.318 e. The van der Waals surface area contributed by atoms with Crippen molar-refractivity contribution in [1.82, 2.24) is 8.61 Å². The van der Waals surface area contributed by atoms with Crippen LogP contribution in [0.1, 0.15) is 12.5 Å². The summed E-state index contributed by atoms with van der Waals surface area (Å²) in [6.07, 6.45) is 0. The van der Waals surface area contributed by atoms with Gasteiger partial charge in [-0.1, -0.05) is 37.3 Å². The number of carboxylic acids is 1. The van der Waals surface area contributed by atoms with Gasteiger partial charge in [0.25, 0.3) is 10.2 Å². The van der Waals surface area contributed by atoms with E-state index in [4.69, 9.17) is 5.11 Å². The van der Waals surface area contributed by atoms with Crippen LogP contribution in [0.2, 0.25) is 0 Å². The molecular formula is C12H18N2O4S. The lowest BCUT2D eigenvalue weighted by Gasteiger charge is -2.25. The Labute approximate surface area is 113 Å². The first kappa shape index (κ1) is 15.6. The van der Waals surface area contributed by atoms with Crippen molar-refractivity contribution in [3.8, 4) is 0 Å². The zero-order valence-corrected chi connectivity index (χ0v) is 11.8. The van der Waals surface area contributed by atoms with E-state index in [2.05, 4.69) is 0 Å². The maximum atomic E-state index is 12.2. The van der Waals surface area contributed by atoms with Gasteiger partial charge in [-0.05, 0) is 5.56 Å². The van der Waals surface area contributed by atoms with E-state index < -0.39 is 22.7 Å². The molecule has 0 aliphatic rings. The van der Waals surface area contributed by atoms with Gasteiger partial charge in [-0.2, -0.15) is 17.0 Å². The topological polar surface area (TPSA) is 77.9 Å². The molecule has 0 heterocycles. The summed E-state index contributed by atoms with van der Waals surface area (Å²) in [5.74, 6) is -1.17. The third-order valence-corrected chi connectivity index (χ3v) is 4.59. The monoisotopic (exact) mass is 286 g/mol. The summed E-state index contributed by atoms with van der Waals surface area (Å²) in [4.78, 5) is 10.7. The highest BCUT2D eigenvalue weighted by Crippen LogP contribution is 2.11. The molecule has 0 aromatic heterocycles. The Bertz CT molecular complexity index is 516. The Balaban J connectivity index is 2.83. The van der Waals surface area contributed by atoms with Crippen LogP contribution in [0.15, 0.2) is 30.3 Å². The Morgan fingerprint density at radius 1 is 1.26 bits per heavy atom. The molecule has 7 heteroatoms. The van der Waals surface area contributed by atoms with Crippen molar-refractivity contribution in [3.05, 3.63) is 35.9 Å². The highest BCUT2D eigenvalue weighted by atomic mass is 32.2. The molecule has 1 aromatic rings. The molecular weight excluding hydrogens is 268 g/mol. The molecule has 6 nitrogen and oxygen atoms in total. The number of benzene rings is 1. The predicted octanol–water partition coefficient (Wildman–Crippen LogP) is 0.770. The fourth-order valence-corrected chi connectivity index (χ4v) is 2.93. The van der Waals surface area contributed by atoms with E-state index in [0.717, 1.165) is 14.2 Å². The van der Waals surface area contributed by atoms with E-state index in [1.807, 2.05) is 30.3 Å². The standard InChI is InChI=1S/C12H18N2O4S/c1-3-14(10-12(15)16)19(17,18)13(2)9-11-7-5-4-6-8-11/h4-8H,3,9-10H2,1-2H3,(H,15,16). The number of rotatable bonds is 7. The SMILES string of the molecule is CCN(CC(=O)O)S(=O)(=O)N(C)Cc1ccccc1. The molecule has 0 fully saturated rings. The average Bonchev–Trinajstić information content (AvgIpc) is 2.36. The van der Waals surface area contributed by atoms with Crippen LogP contribution in [0.25, 0.3) is 0 Å². The normalized spacial score (nSPS) is 12.0. The summed E-state index contributed by atoms with van der Waals surface area (Å²) in [5.41, 5.74) is 0.847. The number of carbonyl (C=O) groups is 1. The van der Waals surface area contributed by atoms with Crippen molar-refractivity contribution in [2.24, 2.45) is 0 Å². The molecule has 0 saturated heterocycles. The van der Waals surface area contributed by atoms with Crippen molar-refractivity contribution in [1.29, 1.82) is 0 Å². The van der Waals surface area contributed by atoms with Gasteiger partial charge in [0.2, 0.25) is 0 Å². The lowest BCUT2D eigenvalue weighted by molar-refractivity contribution is -0.137. The molecule has 1 rings (SSSR count). The highest BCUT2D eigenvalue weighted by Gasteiger charge is 2.27. The second-order valence-electron chi connectivity index (χ2n) is 4.07. The maximum absolute atomic E-state index is 12.2. The summed E-state index contributed by atoms with van der Waals surface area (Å²) in [7, 11) is -2.32. The molecule has 106 valence electrons. The van der Waals surface area contributed by atoms with Crippen LogP contribution < -0.4 is 0 Å². The summed E-state index contributed by atoms with van der Waals surface area (Å²) in [6.45, 7) is 1.40. The molecule has 0 spiro atoms. The fourth-order valence-electron chi connectivity index (χ4n) is 1.63. The van der Waals surface area contributed by atoms with Gasteiger partial charge >= 0.3 is 5.97 Å². The third kappa shape index (κ3) is 4.30. The summed E-state index contributed by atoms with van der Waals surface area (Å²) in [6, 6.07) is 9.13. The number of aliphatic carboxylic acids is 1. The van der Waals surface area contributed by atoms with Crippen LogP contribution in [-0.4, -0.2) is 48.2 Å². The molecule has 0 unspecified atom stereocenters. The minimum atomic E-state index is -3.76. The minimum Gasteiger partial charge on any atom is -0.480 e. The van der Waals surface area contributed by atoms with Crippen molar-refractivity contribution >= 4 is 16.2 Å². The second kappa shape index (κ2) is 6.65. The summed E-state index contributed by atoms with van der Waals surface area (Å²) >= 11 is 0. The van der Waals surface area contributed by atoms with E-state index in [1.54, 1.807) is 6.92 Å². The largest absolute Gasteiger partial charge is 0.480 e. The smallest absolute Gasteiger partial charge is 0.318 e. The molecule has 0 bridgehead atoms. The number of likely N-dealkylation sites (N-methyl/N-ethyl adjacent to an activating group) is 1. The molecule has 0 saturated carbocycles. The van der Waals surface area contributed by atoms with Gasteiger partial charge in [-0.15, -0.1) is 0 Å². The molecule has 1 N–H and O–H groups in total. The third-order valence-electron chi connectivity index (χ3n) is 2.63. The minimum absolute atomic E-state index is 0.119. The van der Waals surface area contributed by atoms with E-state index in [1.165, 1.54) is 7.05 Å². The van der Waals surface area contributed by atoms with Crippen LogP contribution in [0.4, 0.5) is 0 Å². The Kier molecular flexibility index (Phi) is 5.46. The average molecular weight is 286 g/mol. The van der Waals surface area contributed by atoms with Gasteiger partial charge in [-0.25, -0.2) is 0 Å². The van der Waals surface area contributed by atoms with Crippen molar-refractivity contribution in [2.45, 2.75) is 13.5 Å². The van der Waals surface area contributed by atoms with Crippen molar-refractivity contribution in [3.63, 3.8) is 0 Å². The van der Waals surface area contributed by atoms with Crippen molar-refractivity contribution in [2.75, 3.05) is 20.1 Å². The Morgan fingerprint density at radius 3 is 2.32 bits per heavy atom. The lowest BCUT2D eigenvalue weighted by Crippen LogP contribution is -2.43. The second-order valence-corrected chi connectivity index (χ2v) is 6.10. The number of nitrogens with zero attached hydrogens (tertiary/aromatic N) is 2. The van der Waals surface area contributed by atoms with Crippen LogP contribution >= 0.6 is 0 Å². The van der Waals surface area contributed by atoms with E-state index in [9.17, 15) is 13.2 Å². The number of carboxylic acid groups (broad SMARTS) is 1. The lowest BCUT2D eigenvalue weighted by atomic mass is 10.2. The zero-order chi connectivity index (χ0) is 14.5. The highest BCUT2D eigenvalue weighted by molar-refractivity contribution is 7.86. The first-order valence-corrected chi connectivity index (χ1v) is 7.24. The Morgan fingerprint density at radius 2 is 1.84 bits per heavy atom. The first-order chi connectivity index (χ1) is 8.87. The molecule has 19 heavy (non-hydrogen) atoms. The van der Waals surface area contributed by atoms with Gasteiger partial charge in [0.05, 0.1) is 0 Å². The molecule has 0 aliphatic heterocycles. The predicted molar refractivity (Wildman–Crippen MR) is 71.7 cm³/mol. The van der Waals surface area contributed by atoms with Crippen molar-refractivity contribution < 1.29 is 18.3 Å². The van der Waals surface area contributed by atoms with Gasteiger partial charge in [0.1, 0.15) is 6.54 Å². The van der Waals surface area contributed by atoms with Crippen LogP contribution in [-0.2, 0) is 21.5 Å². The van der Waals surface area contributed by atoms with Gasteiger partial charge in [0, 0.05) is 20.1 Å². The molecule has 1 aromatic carbocycles. The molecule has 0 aliphatic carbocycles. The summed E-state index contributed by atoms with van der Waals surface area (Å²) < 4.78 is 26.5. The summed E-state index contributed by atoms with van der Waals surface area (Å²) in [5, 5.41) is 8.73. The van der Waals surface area contributed by atoms with Gasteiger partial charge in [-0.3, -0.25) is 4.79 Å². The molecule has 0 amide bonds. The van der Waals surface area contributed by atoms with Crippen LogP contribution in [0.5, 0.6) is 0 Å². The number of hydrogen-bond donors (Lipinski definition) is 1. The van der Waals surface area contributed by atoms with Gasteiger partial charge in [0.15, 0.2) is 0 Å². The quantitative estimate of drug-likeness (QED) is 0.803. The molecule has 0 radical (unpaired) electrons. The van der Waals surface area contributed by atoms with Crippen LogP contribution in [0.3, 0.4) is 0 Å². The zero-order valence-electron chi connectivity index (χ0n) is 11.0. The van der Waals surface area contributed by atoms with Crippen LogP contribution in [0, 0.1) is 0 Å². The van der Waals surface area contributed by atoms with E-state index in [0.29, 0.717) is 0 Å².